The van der Waals surface area contributed by atoms with E-state index in [4.69, 9.17) is 9.47 Å². The summed E-state index contributed by atoms with van der Waals surface area (Å²) in [4.78, 5) is 59.6. The number of β-lactam (4-membered cyclic amide) rings is 1. The Morgan fingerprint density at radius 3 is 1.89 bits per heavy atom. The standard InChI is InChI=1S/C23H22N4O10S/c1-23(2)18(21(29)36-11-13-3-7-15(8-4-13)26(31)32)25-19(28)17(20(25)38(23)35)24-22(30)37-12-14-5-9-16(10-6-14)27(33)34/h3-10,17-18,20H,11-12H2,1-2H3,(H,24,30)/t17-,18+,20-,38?/m1/s1. The normalized spacial score (nSPS) is 23.1. The first-order chi connectivity index (χ1) is 17.9. The van der Waals surface area contributed by atoms with Gasteiger partial charge in [-0.15, -0.1) is 0 Å². The Kier molecular flexibility index (Phi) is 7.13. The monoisotopic (exact) mass is 546 g/mol. The molecule has 0 aliphatic carbocycles. The molecule has 4 atom stereocenters. The van der Waals surface area contributed by atoms with Crippen LogP contribution in [0.3, 0.4) is 0 Å². The minimum atomic E-state index is -1.75. The van der Waals surface area contributed by atoms with Gasteiger partial charge in [0.15, 0.2) is 0 Å². The van der Waals surface area contributed by atoms with Gasteiger partial charge in [0.2, 0.25) is 5.91 Å². The Labute approximate surface area is 217 Å². The van der Waals surface area contributed by atoms with Crippen molar-refractivity contribution in [2.45, 2.75) is 49.3 Å². The van der Waals surface area contributed by atoms with E-state index in [2.05, 4.69) is 5.32 Å². The van der Waals surface area contributed by atoms with E-state index in [9.17, 15) is 38.8 Å². The number of carbonyl (C=O) groups is 3. The van der Waals surface area contributed by atoms with Crippen molar-refractivity contribution < 1.29 is 37.9 Å². The van der Waals surface area contributed by atoms with Crippen LogP contribution in [0.15, 0.2) is 48.5 Å². The van der Waals surface area contributed by atoms with Crippen LogP contribution in [-0.4, -0.2) is 59.1 Å². The number of non-ortho nitro benzene ring substituents is 2. The van der Waals surface area contributed by atoms with E-state index in [1.807, 2.05) is 0 Å². The zero-order valence-electron chi connectivity index (χ0n) is 20.1. The van der Waals surface area contributed by atoms with Gasteiger partial charge in [0, 0.05) is 24.3 Å². The Morgan fingerprint density at radius 2 is 1.42 bits per heavy atom. The van der Waals surface area contributed by atoms with Crippen LogP contribution in [0.1, 0.15) is 25.0 Å². The lowest BCUT2D eigenvalue weighted by molar-refractivity contribution is -0.385. The molecule has 0 radical (unpaired) electrons. The first-order valence-corrected chi connectivity index (χ1v) is 12.4. The molecule has 1 unspecified atom stereocenters. The number of fused-ring (bicyclic) bond motifs is 1. The summed E-state index contributed by atoms with van der Waals surface area (Å²) in [5, 5.41) is 22.9. The molecule has 15 heteroatoms. The number of benzene rings is 2. The van der Waals surface area contributed by atoms with Crippen LogP contribution in [0, 0.1) is 20.2 Å². The fourth-order valence-electron chi connectivity index (χ4n) is 4.25. The largest absolute Gasteiger partial charge is 0.459 e. The number of nitro benzene ring substituents is 2. The Morgan fingerprint density at radius 1 is 0.947 bits per heavy atom. The minimum absolute atomic E-state index is 0.119. The summed E-state index contributed by atoms with van der Waals surface area (Å²) >= 11 is 0. The third kappa shape index (κ3) is 4.91. The number of amides is 2. The second-order valence-electron chi connectivity index (χ2n) is 9.09. The number of hydrogen-bond acceptors (Lipinski definition) is 10. The SMILES string of the molecule is CC1(C)[C@H](C(=O)OCc2ccc([N+](=O)[O-])cc2)N2C(=O)[C@@H](NC(=O)OCc3ccc([N+](=O)[O-])cc3)[C@H]2S1=O. The number of nitrogens with one attached hydrogen (secondary N) is 1. The first kappa shape index (κ1) is 26.7. The summed E-state index contributed by atoms with van der Waals surface area (Å²) in [5.41, 5.74) is 0.730. The van der Waals surface area contributed by atoms with Gasteiger partial charge >= 0.3 is 12.1 Å². The van der Waals surface area contributed by atoms with Crippen molar-refractivity contribution in [3.8, 4) is 0 Å². The van der Waals surface area contributed by atoms with Crippen molar-refractivity contribution in [2.24, 2.45) is 0 Å². The van der Waals surface area contributed by atoms with E-state index >= 15 is 0 Å². The number of alkyl carbamates (subject to hydrolysis) is 1. The molecule has 2 heterocycles. The van der Waals surface area contributed by atoms with Crippen molar-refractivity contribution in [1.82, 2.24) is 10.2 Å². The fraction of sp³-hybridized carbons (Fsp3) is 0.348. The molecule has 4 rings (SSSR count). The van der Waals surface area contributed by atoms with Gasteiger partial charge in [0.05, 0.1) is 25.4 Å². The Hall–Kier alpha value is -4.40. The molecule has 38 heavy (non-hydrogen) atoms. The van der Waals surface area contributed by atoms with E-state index < -0.39 is 60.8 Å². The highest BCUT2D eigenvalue weighted by atomic mass is 32.2. The van der Waals surface area contributed by atoms with Gasteiger partial charge in [-0.3, -0.25) is 29.2 Å². The van der Waals surface area contributed by atoms with Crippen LogP contribution in [0.4, 0.5) is 16.2 Å². The van der Waals surface area contributed by atoms with E-state index in [1.54, 1.807) is 13.8 Å². The van der Waals surface area contributed by atoms with Crippen LogP contribution >= 0.6 is 0 Å². The van der Waals surface area contributed by atoms with Gasteiger partial charge in [0.25, 0.3) is 11.4 Å². The number of nitro groups is 2. The lowest BCUT2D eigenvalue weighted by Crippen LogP contribution is -2.71. The van der Waals surface area contributed by atoms with Gasteiger partial charge in [-0.1, -0.05) is 0 Å². The fourth-order valence-corrected chi connectivity index (χ4v) is 6.17. The third-order valence-electron chi connectivity index (χ3n) is 6.30. The Balaban J connectivity index is 1.36. The number of hydrogen-bond donors (Lipinski definition) is 1. The molecule has 2 aliphatic rings. The molecule has 2 aromatic carbocycles. The van der Waals surface area contributed by atoms with Gasteiger partial charge in [0.1, 0.15) is 30.7 Å². The van der Waals surface area contributed by atoms with Gasteiger partial charge < -0.3 is 19.7 Å². The van der Waals surface area contributed by atoms with Crippen LogP contribution < -0.4 is 5.32 Å². The Bertz CT molecular complexity index is 1330. The van der Waals surface area contributed by atoms with Crippen molar-refractivity contribution in [1.29, 1.82) is 0 Å². The number of esters is 1. The maximum Gasteiger partial charge on any atom is 0.408 e. The highest BCUT2D eigenvalue weighted by molar-refractivity contribution is 7.87. The molecule has 0 bridgehead atoms. The van der Waals surface area contributed by atoms with Crippen LogP contribution in [-0.2, 0) is 43.1 Å². The summed E-state index contributed by atoms with van der Waals surface area (Å²) in [6.45, 7) is 2.68. The molecule has 14 nitrogen and oxygen atoms in total. The molecule has 2 aromatic rings. The molecule has 2 fully saturated rings. The van der Waals surface area contributed by atoms with E-state index in [0.29, 0.717) is 11.1 Å². The van der Waals surface area contributed by atoms with Crippen LogP contribution in [0.2, 0.25) is 0 Å². The molecule has 0 aromatic heterocycles. The van der Waals surface area contributed by atoms with Crippen molar-refractivity contribution in [2.75, 3.05) is 0 Å². The molecule has 0 saturated carbocycles. The second-order valence-corrected chi connectivity index (χ2v) is 11.2. The lowest BCUT2D eigenvalue weighted by atomic mass is 9.96. The number of ether oxygens (including phenoxy) is 2. The lowest BCUT2D eigenvalue weighted by Gasteiger charge is -2.43. The average molecular weight is 547 g/mol. The predicted molar refractivity (Wildman–Crippen MR) is 130 cm³/mol. The molecule has 2 saturated heterocycles. The second kappa shape index (κ2) is 10.2. The van der Waals surface area contributed by atoms with Crippen molar-refractivity contribution in [3.05, 3.63) is 79.9 Å². The number of rotatable bonds is 8. The van der Waals surface area contributed by atoms with Crippen molar-refractivity contribution >= 4 is 40.1 Å². The average Bonchev–Trinajstić information content (AvgIpc) is 3.07. The zero-order valence-corrected chi connectivity index (χ0v) is 20.9. The summed E-state index contributed by atoms with van der Waals surface area (Å²) in [7, 11) is -1.75. The molecule has 0 spiro atoms. The summed E-state index contributed by atoms with van der Waals surface area (Å²) in [5.74, 6) is -1.42. The van der Waals surface area contributed by atoms with E-state index in [-0.39, 0.29) is 24.6 Å². The molecular formula is C23H22N4O10S. The minimum Gasteiger partial charge on any atom is -0.459 e. The van der Waals surface area contributed by atoms with E-state index in [0.717, 1.165) is 4.90 Å². The summed E-state index contributed by atoms with van der Waals surface area (Å²) < 4.78 is 22.4. The molecular weight excluding hydrogens is 524 g/mol. The number of nitrogens with zero attached hydrogens (tertiary/aromatic N) is 3. The smallest absolute Gasteiger partial charge is 0.408 e. The molecule has 200 valence electrons. The quantitative estimate of drug-likeness (QED) is 0.222. The van der Waals surface area contributed by atoms with E-state index in [1.165, 1.54) is 48.5 Å². The van der Waals surface area contributed by atoms with Gasteiger partial charge in [-0.05, 0) is 49.2 Å². The molecule has 2 amide bonds. The zero-order chi connectivity index (χ0) is 27.8. The molecule has 2 aliphatic heterocycles. The van der Waals surface area contributed by atoms with Gasteiger partial charge in [-0.2, -0.15) is 0 Å². The maximum absolute atomic E-state index is 13.2. The maximum atomic E-state index is 13.2. The molecule has 1 N–H and O–H groups in total. The predicted octanol–water partition coefficient (Wildman–Crippen LogP) is 1.92. The number of carbonyl (C=O) groups excluding carboxylic acids is 3. The summed E-state index contributed by atoms with van der Waals surface area (Å²) in [6, 6.07) is 8.41. The third-order valence-corrected chi connectivity index (χ3v) is 8.49. The highest BCUT2D eigenvalue weighted by Gasteiger charge is 2.68. The first-order valence-electron chi connectivity index (χ1n) is 11.2. The van der Waals surface area contributed by atoms with Crippen molar-refractivity contribution in [3.63, 3.8) is 0 Å². The van der Waals surface area contributed by atoms with Crippen LogP contribution in [0.5, 0.6) is 0 Å². The topological polar surface area (TPSA) is 188 Å². The van der Waals surface area contributed by atoms with Gasteiger partial charge in [-0.25, -0.2) is 9.59 Å². The highest BCUT2D eigenvalue weighted by Crippen LogP contribution is 2.44. The van der Waals surface area contributed by atoms with Crippen LogP contribution in [0.25, 0.3) is 0 Å². The summed E-state index contributed by atoms with van der Waals surface area (Å²) in [6.07, 6.45) is -0.958.